The van der Waals surface area contributed by atoms with Gasteiger partial charge in [-0.25, -0.2) is 9.36 Å². The van der Waals surface area contributed by atoms with E-state index < -0.39 is 11.7 Å². The Morgan fingerprint density at radius 2 is 2.25 bits per heavy atom. The van der Waals surface area contributed by atoms with Gasteiger partial charge in [-0.2, -0.15) is 9.97 Å². The maximum absolute atomic E-state index is 13.3. The molecule has 0 saturated carbocycles. The number of hydrogen-bond acceptors (Lipinski definition) is 8. The maximum Gasteiger partial charge on any atom is 0.334 e. The van der Waals surface area contributed by atoms with Crippen LogP contribution < -0.4 is 22.1 Å². The Bertz CT molecular complexity index is 916. The van der Waals surface area contributed by atoms with Gasteiger partial charge in [-0.3, -0.25) is 4.79 Å². The summed E-state index contributed by atoms with van der Waals surface area (Å²) in [6, 6.07) is -0.479. The van der Waals surface area contributed by atoms with Gasteiger partial charge >= 0.3 is 5.69 Å². The highest BCUT2D eigenvalue weighted by Crippen LogP contribution is 2.30. The summed E-state index contributed by atoms with van der Waals surface area (Å²) in [6.07, 6.45) is 4.83. The van der Waals surface area contributed by atoms with Crippen LogP contribution in [0.2, 0.25) is 0 Å². The zero-order valence-electron chi connectivity index (χ0n) is 16.0. The van der Waals surface area contributed by atoms with Gasteiger partial charge in [0.05, 0.1) is 12.1 Å². The summed E-state index contributed by atoms with van der Waals surface area (Å²) in [7, 11) is 0. The summed E-state index contributed by atoms with van der Waals surface area (Å²) >= 11 is 0. The molecule has 2 aliphatic heterocycles. The van der Waals surface area contributed by atoms with Crippen molar-refractivity contribution in [1.29, 1.82) is 0 Å². The van der Waals surface area contributed by atoms with Gasteiger partial charge in [-0.1, -0.05) is 13.3 Å². The van der Waals surface area contributed by atoms with E-state index in [4.69, 9.17) is 10.5 Å². The minimum atomic E-state index is -0.550. The van der Waals surface area contributed by atoms with E-state index in [0.717, 1.165) is 49.8 Å². The first-order valence-corrected chi connectivity index (χ1v) is 10.0. The zero-order chi connectivity index (χ0) is 19.7. The Morgan fingerprint density at radius 3 is 3.00 bits per heavy atom. The van der Waals surface area contributed by atoms with E-state index >= 15 is 0 Å². The van der Waals surface area contributed by atoms with Gasteiger partial charge in [-0.05, 0) is 32.2 Å². The molecule has 10 nitrogen and oxygen atoms in total. The summed E-state index contributed by atoms with van der Waals surface area (Å²) < 4.78 is 6.89. The van der Waals surface area contributed by atoms with Gasteiger partial charge in [0.25, 0.3) is 5.91 Å². The number of nitrogens with two attached hydrogens (primary N) is 1. The molecule has 0 radical (unpaired) electrons. The van der Waals surface area contributed by atoms with Gasteiger partial charge in [0, 0.05) is 19.1 Å². The van der Waals surface area contributed by atoms with Gasteiger partial charge in [0.2, 0.25) is 5.95 Å². The summed E-state index contributed by atoms with van der Waals surface area (Å²) in [5, 5.41) is 6.34. The first-order chi connectivity index (χ1) is 13.6. The number of H-pyrrole nitrogens is 1. The molecule has 152 valence electrons. The Kier molecular flexibility index (Phi) is 5.31. The molecule has 5 N–H and O–H groups in total. The van der Waals surface area contributed by atoms with Crippen molar-refractivity contribution in [3.63, 3.8) is 0 Å². The number of rotatable bonds is 6. The molecular formula is C18H27N7O3. The maximum atomic E-state index is 13.3. The molecule has 0 aliphatic carbocycles. The van der Waals surface area contributed by atoms with Crippen LogP contribution in [-0.4, -0.2) is 57.3 Å². The van der Waals surface area contributed by atoms with Crippen LogP contribution in [0, 0.1) is 5.92 Å². The van der Waals surface area contributed by atoms with Crippen LogP contribution in [0.15, 0.2) is 4.79 Å². The Labute approximate surface area is 162 Å². The second-order valence-electron chi connectivity index (χ2n) is 7.45. The van der Waals surface area contributed by atoms with Crippen LogP contribution in [0.3, 0.4) is 0 Å². The lowest BCUT2D eigenvalue weighted by Crippen LogP contribution is -2.45. The molecule has 0 bridgehead atoms. The van der Waals surface area contributed by atoms with E-state index in [1.54, 1.807) is 0 Å². The number of aromatic amines is 1. The highest BCUT2D eigenvalue weighted by molar-refractivity contribution is 5.95. The number of nitrogens with zero attached hydrogens (tertiary/aromatic N) is 3. The highest BCUT2D eigenvalue weighted by Gasteiger charge is 2.41. The Morgan fingerprint density at radius 1 is 1.39 bits per heavy atom. The molecule has 0 amide bonds. The zero-order valence-corrected chi connectivity index (χ0v) is 16.0. The van der Waals surface area contributed by atoms with Crippen LogP contribution in [0.1, 0.15) is 43.8 Å². The van der Waals surface area contributed by atoms with Crippen LogP contribution in [0.5, 0.6) is 0 Å². The molecule has 2 aromatic heterocycles. The summed E-state index contributed by atoms with van der Waals surface area (Å²) in [5.41, 5.74) is 5.95. The number of anilines is 2. The fourth-order valence-electron chi connectivity index (χ4n) is 4.14. The molecule has 10 heteroatoms. The predicted octanol–water partition coefficient (Wildman–Crippen LogP) is 0.711. The number of hydrogen-bond donors (Lipinski definition) is 4. The molecule has 2 fully saturated rings. The molecular weight excluding hydrogens is 362 g/mol. The molecule has 0 spiro atoms. The van der Waals surface area contributed by atoms with E-state index in [0.29, 0.717) is 12.5 Å². The average molecular weight is 389 g/mol. The molecule has 4 rings (SSSR count). The fourth-order valence-corrected chi connectivity index (χ4v) is 4.14. The van der Waals surface area contributed by atoms with E-state index in [2.05, 4.69) is 32.5 Å². The molecule has 2 aromatic rings. The number of fused-ring (bicyclic) bond motifs is 1. The smallest absolute Gasteiger partial charge is 0.334 e. The third-order valence-corrected chi connectivity index (χ3v) is 5.58. The van der Waals surface area contributed by atoms with Crippen molar-refractivity contribution in [1.82, 2.24) is 24.8 Å². The first kappa shape index (κ1) is 18.9. The quantitative estimate of drug-likeness (QED) is 0.530. The number of unbranched alkanes of at least 4 members (excludes halogenated alkanes) is 1. The molecule has 28 heavy (non-hydrogen) atoms. The first-order valence-electron chi connectivity index (χ1n) is 10.0. The molecule has 2 saturated heterocycles. The van der Waals surface area contributed by atoms with E-state index in [1.807, 2.05) is 0 Å². The number of nitrogen functional groups attached to an aromatic ring is 1. The van der Waals surface area contributed by atoms with Gasteiger partial charge in [-0.15, -0.1) is 0 Å². The van der Waals surface area contributed by atoms with Crippen molar-refractivity contribution in [2.24, 2.45) is 5.92 Å². The van der Waals surface area contributed by atoms with Crippen molar-refractivity contribution in [3.8, 4) is 0 Å². The van der Waals surface area contributed by atoms with Crippen LogP contribution in [0.4, 0.5) is 11.8 Å². The molecule has 3 atom stereocenters. The normalized spacial score (nSPS) is 24.8. The number of nitrogens with one attached hydrogen (secondary N) is 3. The standard InChI is InChI=1S/C18H27N7O3/c1-2-3-7-21-17-23-14(19)13-15(24-17)25(18(27)22-13)16(26)12-10(6-8-20-12)11-5-4-9-28-11/h10-12,20H,2-9H2,1H3,(H,22,27)(H3,19,21,23,24). The lowest BCUT2D eigenvalue weighted by atomic mass is 9.92. The second-order valence-corrected chi connectivity index (χ2v) is 7.45. The van der Waals surface area contributed by atoms with Crippen molar-refractivity contribution < 1.29 is 9.53 Å². The summed E-state index contributed by atoms with van der Waals surface area (Å²) in [5.74, 6) is 0.178. The number of imidazole rings is 1. The van der Waals surface area contributed by atoms with Gasteiger partial charge in [0.1, 0.15) is 5.52 Å². The third kappa shape index (κ3) is 3.37. The molecule has 2 aliphatic rings. The molecule has 4 heterocycles. The molecule has 3 unspecified atom stereocenters. The number of carbonyl (C=O) groups excluding carboxylic acids is 1. The fraction of sp³-hybridized carbons (Fsp3) is 0.667. The lowest BCUT2D eigenvalue weighted by molar-refractivity contribution is 0.0496. The van der Waals surface area contributed by atoms with E-state index in [9.17, 15) is 9.59 Å². The number of carbonyl (C=O) groups is 1. The number of ether oxygens (including phenoxy) is 1. The van der Waals surface area contributed by atoms with Crippen molar-refractivity contribution in [3.05, 3.63) is 10.5 Å². The van der Waals surface area contributed by atoms with Crippen LogP contribution in [0.25, 0.3) is 11.2 Å². The van der Waals surface area contributed by atoms with Crippen LogP contribution >= 0.6 is 0 Å². The largest absolute Gasteiger partial charge is 0.382 e. The Hall–Kier alpha value is -2.46. The number of aromatic nitrogens is 4. The second kappa shape index (κ2) is 7.88. The minimum absolute atomic E-state index is 0.0492. The van der Waals surface area contributed by atoms with Crippen molar-refractivity contribution in [2.45, 2.75) is 51.2 Å². The summed E-state index contributed by atoms with van der Waals surface area (Å²) in [6.45, 7) is 4.22. The minimum Gasteiger partial charge on any atom is -0.382 e. The third-order valence-electron chi connectivity index (χ3n) is 5.58. The van der Waals surface area contributed by atoms with E-state index in [-0.39, 0.29) is 34.9 Å². The lowest BCUT2D eigenvalue weighted by Gasteiger charge is -2.23. The van der Waals surface area contributed by atoms with E-state index in [1.165, 1.54) is 0 Å². The predicted molar refractivity (Wildman–Crippen MR) is 105 cm³/mol. The average Bonchev–Trinajstić information content (AvgIpc) is 3.40. The van der Waals surface area contributed by atoms with Crippen LogP contribution in [-0.2, 0) is 4.74 Å². The van der Waals surface area contributed by atoms with Gasteiger partial charge in [0.15, 0.2) is 11.5 Å². The van der Waals surface area contributed by atoms with Crippen molar-refractivity contribution >= 4 is 28.8 Å². The molecule has 0 aromatic carbocycles. The Balaban J connectivity index is 1.67. The topological polar surface area (TPSA) is 140 Å². The highest BCUT2D eigenvalue weighted by atomic mass is 16.5. The van der Waals surface area contributed by atoms with Gasteiger partial charge < -0.3 is 26.1 Å². The SMILES string of the molecule is CCCCNc1nc(N)c2[nH]c(=O)n(C(=O)C3NCCC3C3CCCO3)c2n1. The monoisotopic (exact) mass is 389 g/mol. The van der Waals surface area contributed by atoms with Crippen molar-refractivity contribution in [2.75, 3.05) is 30.7 Å². The summed E-state index contributed by atoms with van der Waals surface area (Å²) in [4.78, 5) is 37.1.